The van der Waals surface area contributed by atoms with Crippen LogP contribution in [0.4, 0.5) is 0 Å². The molecule has 20 heavy (non-hydrogen) atoms. The fourth-order valence-electron chi connectivity index (χ4n) is 1.92. The third kappa shape index (κ3) is 3.23. The van der Waals surface area contributed by atoms with Gasteiger partial charge in [0.1, 0.15) is 0 Å². The standard InChI is InChI=1S/C13H17N3O3S/c1-9-8-20-13-14-10(6-11(17)16(9)13)7-15(2)5-4-12(18)19-3/h6,8H,4-5,7H2,1-3H3. The monoisotopic (exact) mass is 295 g/mol. The number of hydrogen-bond acceptors (Lipinski definition) is 6. The molecule has 0 aliphatic rings. The maximum absolute atomic E-state index is 12.0. The highest BCUT2D eigenvalue weighted by Crippen LogP contribution is 2.12. The molecule has 0 unspecified atom stereocenters. The van der Waals surface area contributed by atoms with E-state index in [0.717, 1.165) is 5.69 Å². The lowest BCUT2D eigenvalue weighted by atomic mass is 10.3. The van der Waals surface area contributed by atoms with Crippen LogP contribution in [0.15, 0.2) is 16.2 Å². The summed E-state index contributed by atoms with van der Waals surface area (Å²) in [5.41, 5.74) is 1.54. The summed E-state index contributed by atoms with van der Waals surface area (Å²) in [7, 11) is 3.25. The zero-order valence-electron chi connectivity index (χ0n) is 11.8. The van der Waals surface area contributed by atoms with E-state index in [0.29, 0.717) is 30.2 Å². The quantitative estimate of drug-likeness (QED) is 0.772. The fraction of sp³-hybridized carbons (Fsp3) is 0.462. The van der Waals surface area contributed by atoms with E-state index in [4.69, 9.17) is 0 Å². The molecule has 0 bridgehead atoms. The predicted molar refractivity (Wildman–Crippen MR) is 77.0 cm³/mol. The van der Waals surface area contributed by atoms with Gasteiger partial charge in [-0.25, -0.2) is 4.98 Å². The molecular formula is C13H17N3O3S. The summed E-state index contributed by atoms with van der Waals surface area (Å²) in [6.45, 7) is 2.98. The number of ether oxygens (including phenoxy) is 1. The van der Waals surface area contributed by atoms with Crippen LogP contribution < -0.4 is 5.56 Å². The number of aromatic nitrogens is 2. The molecule has 6 nitrogen and oxygen atoms in total. The van der Waals surface area contributed by atoms with Gasteiger partial charge in [0, 0.05) is 30.2 Å². The van der Waals surface area contributed by atoms with Crippen LogP contribution in [0.2, 0.25) is 0 Å². The largest absolute Gasteiger partial charge is 0.469 e. The molecule has 108 valence electrons. The van der Waals surface area contributed by atoms with E-state index in [1.807, 2.05) is 24.3 Å². The molecule has 0 amide bonds. The number of rotatable bonds is 5. The van der Waals surface area contributed by atoms with Crippen molar-refractivity contribution in [2.45, 2.75) is 19.9 Å². The van der Waals surface area contributed by atoms with Gasteiger partial charge in [0.2, 0.25) is 0 Å². The van der Waals surface area contributed by atoms with Crippen LogP contribution in [-0.2, 0) is 16.1 Å². The number of methoxy groups -OCH3 is 1. The maximum atomic E-state index is 12.0. The fourth-order valence-corrected chi connectivity index (χ4v) is 2.81. The predicted octanol–water partition coefficient (Wildman–Crippen LogP) is 1.06. The smallest absolute Gasteiger partial charge is 0.306 e. The number of hydrogen-bond donors (Lipinski definition) is 0. The minimum Gasteiger partial charge on any atom is -0.469 e. The second-order valence-corrected chi connectivity index (χ2v) is 5.48. The van der Waals surface area contributed by atoms with Crippen molar-refractivity contribution in [1.82, 2.24) is 14.3 Å². The summed E-state index contributed by atoms with van der Waals surface area (Å²) in [6.07, 6.45) is 0.326. The first-order chi connectivity index (χ1) is 9.51. The van der Waals surface area contributed by atoms with Gasteiger partial charge in [0.15, 0.2) is 4.96 Å². The Balaban J connectivity index is 2.10. The Labute approximate surface area is 120 Å². The number of esters is 1. The zero-order chi connectivity index (χ0) is 14.7. The van der Waals surface area contributed by atoms with Gasteiger partial charge in [-0.1, -0.05) is 0 Å². The van der Waals surface area contributed by atoms with Gasteiger partial charge in [0.25, 0.3) is 5.56 Å². The number of nitrogens with zero attached hydrogens (tertiary/aromatic N) is 3. The van der Waals surface area contributed by atoms with Gasteiger partial charge in [0.05, 0.1) is 19.2 Å². The van der Waals surface area contributed by atoms with E-state index in [-0.39, 0.29) is 11.5 Å². The van der Waals surface area contributed by atoms with Crippen LogP contribution in [0.5, 0.6) is 0 Å². The van der Waals surface area contributed by atoms with E-state index in [1.54, 1.807) is 10.5 Å². The first-order valence-corrected chi connectivity index (χ1v) is 7.11. The van der Waals surface area contributed by atoms with Gasteiger partial charge < -0.3 is 4.74 Å². The van der Waals surface area contributed by atoms with Crippen molar-refractivity contribution in [2.24, 2.45) is 0 Å². The molecule has 0 atom stereocenters. The molecule has 0 radical (unpaired) electrons. The highest BCUT2D eigenvalue weighted by molar-refractivity contribution is 7.15. The Morgan fingerprint density at radius 2 is 2.30 bits per heavy atom. The second kappa shape index (κ2) is 6.15. The Hall–Kier alpha value is -1.73. The van der Waals surface area contributed by atoms with Crippen molar-refractivity contribution in [3.05, 3.63) is 33.2 Å². The summed E-state index contributed by atoms with van der Waals surface area (Å²) >= 11 is 1.45. The highest BCUT2D eigenvalue weighted by atomic mass is 32.1. The molecule has 0 aromatic carbocycles. The third-order valence-corrected chi connectivity index (χ3v) is 3.93. The van der Waals surface area contributed by atoms with E-state index in [1.165, 1.54) is 18.4 Å². The van der Waals surface area contributed by atoms with Crippen LogP contribution in [0, 0.1) is 6.92 Å². The lowest BCUT2D eigenvalue weighted by Gasteiger charge is -2.15. The van der Waals surface area contributed by atoms with Gasteiger partial charge in [-0.15, -0.1) is 11.3 Å². The Morgan fingerprint density at radius 3 is 3.00 bits per heavy atom. The van der Waals surface area contributed by atoms with Crippen molar-refractivity contribution >= 4 is 22.3 Å². The molecular weight excluding hydrogens is 278 g/mol. The normalized spacial score (nSPS) is 11.2. The van der Waals surface area contributed by atoms with Crippen molar-refractivity contribution in [3.63, 3.8) is 0 Å². The van der Waals surface area contributed by atoms with Crippen LogP contribution in [0.3, 0.4) is 0 Å². The molecule has 0 saturated heterocycles. The highest BCUT2D eigenvalue weighted by Gasteiger charge is 2.09. The summed E-state index contributed by atoms with van der Waals surface area (Å²) < 4.78 is 6.20. The van der Waals surface area contributed by atoms with Crippen molar-refractivity contribution in [2.75, 3.05) is 20.7 Å². The summed E-state index contributed by atoms with van der Waals surface area (Å²) in [4.78, 5) is 30.2. The molecule has 2 aromatic rings. The first kappa shape index (κ1) is 14.7. The molecule has 2 heterocycles. The number of carbonyl (C=O) groups excluding carboxylic acids is 1. The van der Waals surface area contributed by atoms with Crippen molar-refractivity contribution in [1.29, 1.82) is 0 Å². The van der Waals surface area contributed by atoms with Gasteiger partial charge in [-0.05, 0) is 14.0 Å². The molecule has 0 aliphatic heterocycles. The topological polar surface area (TPSA) is 63.9 Å². The van der Waals surface area contributed by atoms with Crippen LogP contribution in [0.1, 0.15) is 17.8 Å². The molecule has 7 heteroatoms. The Bertz CT molecular complexity index is 677. The summed E-state index contributed by atoms with van der Waals surface area (Å²) in [5.74, 6) is -0.241. The lowest BCUT2D eigenvalue weighted by Crippen LogP contribution is -2.24. The van der Waals surface area contributed by atoms with Crippen molar-refractivity contribution < 1.29 is 9.53 Å². The summed E-state index contributed by atoms with van der Waals surface area (Å²) in [6, 6.07) is 1.54. The van der Waals surface area contributed by atoms with Gasteiger partial charge >= 0.3 is 5.97 Å². The molecule has 0 spiro atoms. The molecule has 0 aliphatic carbocycles. The first-order valence-electron chi connectivity index (χ1n) is 6.23. The second-order valence-electron chi connectivity index (χ2n) is 4.64. The summed E-state index contributed by atoms with van der Waals surface area (Å²) in [5, 5.41) is 1.91. The van der Waals surface area contributed by atoms with Crippen LogP contribution in [0.25, 0.3) is 4.96 Å². The van der Waals surface area contributed by atoms with E-state index in [2.05, 4.69) is 9.72 Å². The lowest BCUT2D eigenvalue weighted by molar-refractivity contribution is -0.140. The van der Waals surface area contributed by atoms with Crippen LogP contribution >= 0.6 is 11.3 Å². The van der Waals surface area contributed by atoms with E-state index < -0.39 is 0 Å². The number of aryl methyl sites for hydroxylation is 1. The van der Waals surface area contributed by atoms with Crippen molar-refractivity contribution in [3.8, 4) is 0 Å². The molecule has 2 rings (SSSR count). The minimum absolute atomic E-state index is 0.0647. The minimum atomic E-state index is -0.241. The Morgan fingerprint density at radius 1 is 1.55 bits per heavy atom. The Kier molecular flexibility index (Phi) is 4.51. The number of fused-ring (bicyclic) bond motifs is 1. The van der Waals surface area contributed by atoms with Crippen LogP contribution in [-0.4, -0.2) is 41.0 Å². The molecule has 2 aromatic heterocycles. The molecule has 0 N–H and O–H groups in total. The zero-order valence-corrected chi connectivity index (χ0v) is 12.6. The average molecular weight is 295 g/mol. The number of carbonyl (C=O) groups is 1. The van der Waals surface area contributed by atoms with E-state index in [9.17, 15) is 9.59 Å². The molecule has 0 saturated carbocycles. The van der Waals surface area contributed by atoms with Gasteiger partial charge in [-0.2, -0.15) is 0 Å². The molecule has 0 fully saturated rings. The average Bonchev–Trinajstić information content (AvgIpc) is 2.78. The van der Waals surface area contributed by atoms with E-state index >= 15 is 0 Å². The third-order valence-electron chi connectivity index (χ3n) is 2.99. The SMILES string of the molecule is COC(=O)CCN(C)Cc1cc(=O)n2c(C)csc2n1. The number of thiazole rings is 1. The van der Waals surface area contributed by atoms with Gasteiger partial charge in [-0.3, -0.25) is 18.9 Å². The maximum Gasteiger partial charge on any atom is 0.306 e.